The van der Waals surface area contributed by atoms with Crippen molar-refractivity contribution < 1.29 is 9.59 Å². The first-order chi connectivity index (χ1) is 10.8. The van der Waals surface area contributed by atoms with E-state index in [1.54, 1.807) is 23.5 Å². The summed E-state index contributed by atoms with van der Waals surface area (Å²) in [5.41, 5.74) is 4.67. The largest absolute Gasteiger partial charge is 0.360 e. The van der Waals surface area contributed by atoms with Crippen molar-refractivity contribution in [2.45, 2.75) is 5.92 Å². The van der Waals surface area contributed by atoms with Crippen molar-refractivity contribution in [1.82, 2.24) is 5.32 Å². The van der Waals surface area contributed by atoms with Crippen molar-refractivity contribution in [3.8, 4) is 0 Å². The minimum Gasteiger partial charge on any atom is -0.360 e. The molecule has 22 heavy (non-hydrogen) atoms. The number of benzene rings is 1. The number of hydrogen-bond donors (Lipinski definition) is 1. The second kappa shape index (κ2) is 5.63. The van der Waals surface area contributed by atoms with E-state index in [0.717, 1.165) is 39.6 Å². The summed E-state index contributed by atoms with van der Waals surface area (Å²) in [5, 5.41) is 3.39. The van der Waals surface area contributed by atoms with Gasteiger partial charge in [0.15, 0.2) is 11.6 Å². The summed E-state index contributed by atoms with van der Waals surface area (Å²) in [5.74, 6) is 2.79. The molecule has 3 nitrogen and oxygen atoms in total. The summed E-state index contributed by atoms with van der Waals surface area (Å²) in [6.07, 6.45) is 0. The highest BCUT2D eigenvalue weighted by Gasteiger charge is 2.40. The normalized spacial score (nSPS) is 22.4. The lowest BCUT2D eigenvalue weighted by atomic mass is 9.77. The van der Waals surface area contributed by atoms with Gasteiger partial charge in [-0.15, -0.1) is 23.5 Å². The van der Waals surface area contributed by atoms with E-state index in [9.17, 15) is 9.59 Å². The van der Waals surface area contributed by atoms with Crippen LogP contribution in [0.3, 0.4) is 0 Å². The van der Waals surface area contributed by atoms with Crippen LogP contribution in [0.15, 0.2) is 52.9 Å². The molecule has 1 aromatic rings. The Kier molecular flexibility index (Phi) is 3.62. The number of hydrogen-bond acceptors (Lipinski definition) is 5. The smallest absolute Gasteiger partial charge is 0.171 e. The van der Waals surface area contributed by atoms with E-state index in [-0.39, 0.29) is 17.5 Å². The summed E-state index contributed by atoms with van der Waals surface area (Å²) in [6.45, 7) is 0. The van der Waals surface area contributed by atoms with E-state index < -0.39 is 0 Å². The molecule has 3 aliphatic heterocycles. The summed E-state index contributed by atoms with van der Waals surface area (Å²) >= 11 is 3.28. The van der Waals surface area contributed by atoms with Crippen LogP contribution in [0.1, 0.15) is 11.5 Å². The van der Waals surface area contributed by atoms with E-state index in [4.69, 9.17) is 0 Å². The fourth-order valence-electron chi connectivity index (χ4n) is 3.32. The molecule has 4 rings (SSSR count). The fourth-order valence-corrected chi connectivity index (χ4v) is 5.07. The third-order valence-corrected chi connectivity index (χ3v) is 6.14. The molecule has 5 heteroatoms. The summed E-state index contributed by atoms with van der Waals surface area (Å²) < 4.78 is 0. The zero-order valence-electron chi connectivity index (χ0n) is 11.9. The molecule has 0 unspecified atom stereocenters. The number of rotatable bonds is 1. The van der Waals surface area contributed by atoms with Gasteiger partial charge in [-0.05, 0) is 5.56 Å². The lowest BCUT2D eigenvalue weighted by Crippen LogP contribution is -2.38. The van der Waals surface area contributed by atoms with Gasteiger partial charge >= 0.3 is 0 Å². The van der Waals surface area contributed by atoms with E-state index in [0.29, 0.717) is 11.5 Å². The molecular weight excluding hydrogens is 314 g/mol. The Morgan fingerprint density at radius 2 is 1.36 bits per heavy atom. The lowest BCUT2D eigenvalue weighted by molar-refractivity contribution is -0.114. The summed E-state index contributed by atoms with van der Waals surface area (Å²) in [6, 6.07) is 9.96. The SMILES string of the molecule is O=C1CSCC2=C1C(c1ccccc1)C1=C(CSCC1=O)N2. The number of carbonyl (C=O) groups excluding carboxylic acids is 2. The quantitative estimate of drug-likeness (QED) is 0.858. The Bertz CT molecular complexity index is 679. The lowest BCUT2D eigenvalue weighted by Gasteiger charge is -2.36. The van der Waals surface area contributed by atoms with Gasteiger partial charge in [-0.1, -0.05) is 30.3 Å². The minimum atomic E-state index is -0.186. The van der Waals surface area contributed by atoms with Crippen LogP contribution in [-0.4, -0.2) is 34.6 Å². The number of nitrogens with one attached hydrogen (secondary N) is 1. The maximum Gasteiger partial charge on any atom is 0.171 e. The van der Waals surface area contributed by atoms with E-state index in [1.807, 2.05) is 30.3 Å². The third-order valence-electron chi connectivity index (χ3n) is 4.22. The van der Waals surface area contributed by atoms with Gasteiger partial charge in [-0.3, -0.25) is 9.59 Å². The third kappa shape index (κ3) is 2.23. The second-order valence-corrected chi connectivity index (χ2v) is 7.56. The number of carbonyl (C=O) groups is 2. The van der Waals surface area contributed by atoms with Crippen molar-refractivity contribution in [2.24, 2.45) is 0 Å². The van der Waals surface area contributed by atoms with Crippen LogP contribution in [0, 0.1) is 0 Å². The van der Waals surface area contributed by atoms with Gasteiger partial charge in [0, 0.05) is 40.0 Å². The Balaban J connectivity index is 1.91. The van der Waals surface area contributed by atoms with Crippen molar-refractivity contribution >= 4 is 35.1 Å². The molecule has 0 spiro atoms. The van der Waals surface area contributed by atoms with Gasteiger partial charge < -0.3 is 5.32 Å². The zero-order chi connectivity index (χ0) is 15.1. The van der Waals surface area contributed by atoms with Crippen LogP contribution >= 0.6 is 23.5 Å². The topological polar surface area (TPSA) is 46.2 Å². The Morgan fingerprint density at radius 3 is 1.91 bits per heavy atom. The molecular formula is C17H15NO2S2. The number of ketones is 2. The molecule has 1 aromatic carbocycles. The molecule has 112 valence electrons. The molecule has 0 saturated heterocycles. The fraction of sp³-hybridized carbons (Fsp3) is 0.294. The van der Waals surface area contributed by atoms with Gasteiger partial charge in [-0.25, -0.2) is 0 Å². The first-order valence-electron chi connectivity index (χ1n) is 7.25. The average molecular weight is 329 g/mol. The standard InChI is InChI=1S/C17H15NO2S2/c19-13-8-21-6-11-16(13)15(10-4-2-1-3-5-10)17-12(18-11)7-22-9-14(17)20/h1-5,15,18H,6-9H2. The van der Waals surface area contributed by atoms with Gasteiger partial charge in [0.1, 0.15) is 0 Å². The minimum absolute atomic E-state index is 0.158. The van der Waals surface area contributed by atoms with E-state index >= 15 is 0 Å². The van der Waals surface area contributed by atoms with Crippen molar-refractivity contribution in [3.05, 3.63) is 58.4 Å². The number of Topliss-reactive ketones (excluding diaryl/α,β-unsaturated/α-hetero) is 2. The monoisotopic (exact) mass is 329 g/mol. The Labute approximate surface area is 137 Å². The maximum atomic E-state index is 12.5. The number of allylic oxidation sites excluding steroid dienone is 2. The molecule has 0 aliphatic carbocycles. The zero-order valence-corrected chi connectivity index (χ0v) is 13.6. The van der Waals surface area contributed by atoms with Crippen LogP contribution in [0.4, 0.5) is 0 Å². The summed E-state index contributed by atoms with van der Waals surface area (Å²) in [4.78, 5) is 25.1. The Morgan fingerprint density at radius 1 is 0.818 bits per heavy atom. The second-order valence-electron chi connectivity index (χ2n) is 5.59. The average Bonchev–Trinajstić information content (AvgIpc) is 2.54. The van der Waals surface area contributed by atoms with Crippen LogP contribution in [0.2, 0.25) is 0 Å². The molecule has 0 fully saturated rings. The summed E-state index contributed by atoms with van der Waals surface area (Å²) in [7, 11) is 0. The van der Waals surface area contributed by atoms with Gasteiger partial charge in [0.05, 0.1) is 11.5 Å². The van der Waals surface area contributed by atoms with Crippen molar-refractivity contribution in [1.29, 1.82) is 0 Å². The molecule has 3 aliphatic rings. The van der Waals surface area contributed by atoms with Gasteiger partial charge in [0.25, 0.3) is 0 Å². The molecule has 0 aromatic heterocycles. The maximum absolute atomic E-state index is 12.5. The van der Waals surface area contributed by atoms with Crippen molar-refractivity contribution in [2.75, 3.05) is 23.0 Å². The highest BCUT2D eigenvalue weighted by molar-refractivity contribution is 8.00. The predicted octanol–water partition coefficient (Wildman–Crippen LogP) is 2.51. The van der Waals surface area contributed by atoms with Crippen LogP contribution in [-0.2, 0) is 9.59 Å². The molecule has 0 bridgehead atoms. The van der Waals surface area contributed by atoms with E-state index in [1.165, 1.54) is 0 Å². The molecule has 1 N–H and O–H groups in total. The van der Waals surface area contributed by atoms with Gasteiger partial charge in [-0.2, -0.15) is 0 Å². The number of thioether (sulfide) groups is 2. The van der Waals surface area contributed by atoms with E-state index in [2.05, 4.69) is 5.32 Å². The molecule has 3 heterocycles. The molecule has 0 amide bonds. The molecule has 0 atom stereocenters. The highest BCUT2D eigenvalue weighted by atomic mass is 32.2. The van der Waals surface area contributed by atoms with Crippen LogP contribution in [0.25, 0.3) is 0 Å². The number of dihydropyridines is 1. The first-order valence-corrected chi connectivity index (χ1v) is 9.56. The molecule has 0 radical (unpaired) electrons. The molecule has 0 saturated carbocycles. The highest BCUT2D eigenvalue weighted by Crippen LogP contribution is 2.43. The predicted molar refractivity (Wildman–Crippen MR) is 91.0 cm³/mol. The van der Waals surface area contributed by atoms with Crippen LogP contribution in [0.5, 0.6) is 0 Å². The first kappa shape index (κ1) is 14.2. The van der Waals surface area contributed by atoms with Crippen molar-refractivity contribution in [3.63, 3.8) is 0 Å². The van der Waals surface area contributed by atoms with Crippen LogP contribution < -0.4 is 5.32 Å². The van der Waals surface area contributed by atoms with Gasteiger partial charge in [0.2, 0.25) is 0 Å². The Hall–Kier alpha value is -1.46.